The fourth-order valence-electron chi connectivity index (χ4n) is 3.87. The summed E-state index contributed by atoms with van der Waals surface area (Å²) in [6, 6.07) is 7.41. The molecular formula is C24H31N3O4. The maximum Gasteiger partial charge on any atom is 0.255 e. The predicted molar refractivity (Wildman–Crippen MR) is 118 cm³/mol. The highest BCUT2D eigenvalue weighted by atomic mass is 16.5. The van der Waals surface area contributed by atoms with Crippen molar-refractivity contribution >= 4 is 11.8 Å². The second-order valence-electron chi connectivity index (χ2n) is 7.89. The monoisotopic (exact) mass is 425 g/mol. The molecule has 2 aromatic heterocycles. The number of pyridine rings is 1. The van der Waals surface area contributed by atoms with Crippen molar-refractivity contribution in [2.24, 2.45) is 0 Å². The van der Waals surface area contributed by atoms with Crippen molar-refractivity contribution in [1.29, 1.82) is 0 Å². The molecule has 31 heavy (non-hydrogen) atoms. The van der Waals surface area contributed by atoms with Gasteiger partial charge < -0.3 is 19.0 Å². The Labute approximate surface area is 183 Å². The second kappa shape index (κ2) is 10.9. The summed E-state index contributed by atoms with van der Waals surface area (Å²) in [5.41, 5.74) is 2.35. The fourth-order valence-corrected chi connectivity index (χ4v) is 3.87. The van der Waals surface area contributed by atoms with E-state index in [0.29, 0.717) is 44.8 Å². The fraction of sp³-hybridized carbons (Fsp3) is 0.458. The van der Waals surface area contributed by atoms with Crippen molar-refractivity contribution in [1.82, 2.24) is 14.8 Å². The first-order valence-electron chi connectivity index (χ1n) is 10.7. The molecule has 1 aliphatic heterocycles. The molecule has 0 N–H and O–H groups in total. The number of nitrogens with zero attached hydrogens (tertiary/aromatic N) is 3. The first-order valence-corrected chi connectivity index (χ1v) is 10.7. The number of likely N-dealkylation sites (tertiary alicyclic amines) is 1. The average molecular weight is 426 g/mol. The first kappa shape index (κ1) is 22.7. The number of amides is 2. The van der Waals surface area contributed by atoms with E-state index in [9.17, 15) is 9.59 Å². The molecule has 2 amide bonds. The Balaban J connectivity index is 1.64. The van der Waals surface area contributed by atoms with Gasteiger partial charge in [0.25, 0.3) is 5.91 Å². The number of ether oxygens (including phenoxy) is 1. The Bertz CT molecular complexity index is 886. The van der Waals surface area contributed by atoms with Crippen LogP contribution < -0.4 is 0 Å². The third-order valence-electron chi connectivity index (χ3n) is 5.54. The molecule has 1 aliphatic rings. The van der Waals surface area contributed by atoms with Crippen molar-refractivity contribution in [3.63, 3.8) is 0 Å². The van der Waals surface area contributed by atoms with Crippen LogP contribution in [0.15, 0.2) is 47.6 Å². The van der Waals surface area contributed by atoms with Crippen LogP contribution in [0.5, 0.6) is 0 Å². The smallest absolute Gasteiger partial charge is 0.255 e. The maximum atomic E-state index is 13.1. The van der Waals surface area contributed by atoms with E-state index in [1.807, 2.05) is 36.1 Å². The van der Waals surface area contributed by atoms with Gasteiger partial charge >= 0.3 is 0 Å². The van der Waals surface area contributed by atoms with Crippen LogP contribution in [-0.2, 0) is 16.1 Å². The highest BCUT2D eigenvalue weighted by Crippen LogP contribution is 2.30. The Hall–Kier alpha value is -2.93. The van der Waals surface area contributed by atoms with Gasteiger partial charge in [-0.05, 0) is 44.0 Å². The third kappa shape index (κ3) is 6.04. The van der Waals surface area contributed by atoms with Crippen LogP contribution in [0.25, 0.3) is 0 Å². The zero-order chi connectivity index (χ0) is 22.2. The molecule has 0 aromatic carbocycles. The molecule has 0 radical (unpaired) electrons. The molecule has 0 atom stereocenters. The van der Waals surface area contributed by atoms with Gasteiger partial charge in [-0.15, -0.1) is 6.58 Å². The van der Waals surface area contributed by atoms with Crippen LogP contribution in [0, 0.1) is 6.92 Å². The molecule has 7 heteroatoms. The number of hydrogen-bond acceptors (Lipinski definition) is 5. The predicted octanol–water partition coefficient (Wildman–Crippen LogP) is 3.55. The van der Waals surface area contributed by atoms with Gasteiger partial charge in [-0.2, -0.15) is 0 Å². The standard InChI is InChI=1S/C24H31N3O4/c1-4-14-30-16-11-22(28)27-12-9-19(10-13-27)23-21(8-7-18(2)25-23)24(29)26(3)17-20-6-5-15-31-20/h4-8,15,19H,1,9-14,16-17H2,2-3H3. The highest BCUT2D eigenvalue weighted by Gasteiger charge is 2.28. The molecule has 1 saturated heterocycles. The van der Waals surface area contributed by atoms with Gasteiger partial charge in [0.15, 0.2) is 0 Å². The van der Waals surface area contributed by atoms with E-state index in [1.54, 1.807) is 24.3 Å². The summed E-state index contributed by atoms with van der Waals surface area (Å²) in [6.45, 7) is 8.13. The maximum absolute atomic E-state index is 13.1. The van der Waals surface area contributed by atoms with E-state index in [1.165, 1.54) is 0 Å². The van der Waals surface area contributed by atoms with Gasteiger partial charge in [0.05, 0.1) is 43.7 Å². The van der Waals surface area contributed by atoms with Crippen LogP contribution in [0.3, 0.4) is 0 Å². The van der Waals surface area contributed by atoms with Crippen molar-refractivity contribution in [2.75, 3.05) is 33.4 Å². The number of piperidine rings is 1. The number of rotatable bonds is 9. The lowest BCUT2D eigenvalue weighted by atomic mass is 9.89. The zero-order valence-electron chi connectivity index (χ0n) is 18.4. The molecule has 7 nitrogen and oxygen atoms in total. The number of carbonyl (C=O) groups is 2. The molecule has 0 unspecified atom stereocenters. The molecular weight excluding hydrogens is 394 g/mol. The van der Waals surface area contributed by atoms with Crippen molar-refractivity contribution < 1.29 is 18.7 Å². The lowest BCUT2D eigenvalue weighted by Gasteiger charge is -2.33. The Morgan fingerprint density at radius 3 is 2.77 bits per heavy atom. The van der Waals surface area contributed by atoms with Gasteiger partial charge in [-0.3, -0.25) is 14.6 Å². The van der Waals surface area contributed by atoms with E-state index in [-0.39, 0.29) is 17.7 Å². The summed E-state index contributed by atoms with van der Waals surface area (Å²) < 4.78 is 10.7. The Kier molecular flexibility index (Phi) is 8.00. The first-order chi connectivity index (χ1) is 15.0. The van der Waals surface area contributed by atoms with Gasteiger partial charge in [0, 0.05) is 31.7 Å². The van der Waals surface area contributed by atoms with Crippen LogP contribution in [0.2, 0.25) is 0 Å². The van der Waals surface area contributed by atoms with E-state index < -0.39 is 0 Å². The lowest BCUT2D eigenvalue weighted by Crippen LogP contribution is -2.39. The number of aryl methyl sites for hydroxylation is 1. The van der Waals surface area contributed by atoms with Crippen LogP contribution in [0.4, 0.5) is 0 Å². The number of hydrogen-bond donors (Lipinski definition) is 0. The molecule has 3 rings (SSSR count). The van der Waals surface area contributed by atoms with E-state index in [4.69, 9.17) is 14.1 Å². The minimum absolute atomic E-state index is 0.0724. The summed E-state index contributed by atoms with van der Waals surface area (Å²) >= 11 is 0. The molecule has 2 aromatic rings. The number of aromatic nitrogens is 1. The zero-order valence-corrected chi connectivity index (χ0v) is 18.4. The van der Waals surface area contributed by atoms with Gasteiger partial charge in [-0.25, -0.2) is 0 Å². The second-order valence-corrected chi connectivity index (χ2v) is 7.89. The summed E-state index contributed by atoms with van der Waals surface area (Å²) in [5, 5.41) is 0. The summed E-state index contributed by atoms with van der Waals surface area (Å²) in [4.78, 5) is 33.8. The summed E-state index contributed by atoms with van der Waals surface area (Å²) in [7, 11) is 1.77. The number of furan rings is 1. The minimum atomic E-state index is -0.0724. The molecule has 0 spiro atoms. The summed E-state index contributed by atoms with van der Waals surface area (Å²) in [5.74, 6) is 0.921. The minimum Gasteiger partial charge on any atom is -0.467 e. The van der Waals surface area contributed by atoms with Crippen LogP contribution in [0.1, 0.15) is 52.7 Å². The van der Waals surface area contributed by atoms with Crippen molar-refractivity contribution in [3.05, 3.63) is 65.9 Å². The van der Waals surface area contributed by atoms with Crippen LogP contribution >= 0.6 is 0 Å². The topological polar surface area (TPSA) is 75.9 Å². The van der Waals surface area contributed by atoms with Crippen molar-refractivity contribution in [2.45, 2.75) is 38.6 Å². The molecule has 166 valence electrons. The SMILES string of the molecule is C=CCOCCC(=O)N1CCC(c2nc(C)ccc2C(=O)N(C)Cc2ccco2)CC1. The van der Waals surface area contributed by atoms with E-state index >= 15 is 0 Å². The Morgan fingerprint density at radius 2 is 2.10 bits per heavy atom. The lowest BCUT2D eigenvalue weighted by molar-refractivity contribution is -0.133. The van der Waals surface area contributed by atoms with Gasteiger partial charge in [-0.1, -0.05) is 6.08 Å². The Morgan fingerprint density at radius 1 is 1.32 bits per heavy atom. The van der Waals surface area contributed by atoms with Gasteiger partial charge in [0.1, 0.15) is 5.76 Å². The largest absolute Gasteiger partial charge is 0.467 e. The molecule has 1 fully saturated rings. The van der Waals surface area contributed by atoms with E-state index in [2.05, 4.69) is 6.58 Å². The third-order valence-corrected chi connectivity index (χ3v) is 5.54. The van der Waals surface area contributed by atoms with E-state index in [0.717, 1.165) is 30.0 Å². The van der Waals surface area contributed by atoms with Gasteiger partial charge in [0.2, 0.25) is 5.91 Å². The summed E-state index contributed by atoms with van der Waals surface area (Å²) in [6.07, 6.45) is 5.24. The normalized spacial score (nSPS) is 14.5. The molecule has 0 saturated carbocycles. The van der Waals surface area contributed by atoms with Crippen LogP contribution in [-0.4, -0.2) is 59.9 Å². The quantitative estimate of drug-likeness (QED) is 0.454. The highest BCUT2D eigenvalue weighted by molar-refractivity contribution is 5.95. The number of carbonyl (C=O) groups excluding carboxylic acids is 2. The molecule has 0 aliphatic carbocycles. The molecule has 3 heterocycles. The molecule has 0 bridgehead atoms. The van der Waals surface area contributed by atoms with Crippen molar-refractivity contribution in [3.8, 4) is 0 Å². The average Bonchev–Trinajstić information content (AvgIpc) is 3.29.